The third-order valence-corrected chi connectivity index (χ3v) is 4.93. The number of carbonyl (C=O) groups is 2. The monoisotopic (exact) mass is 421 g/mol. The molecule has 7 heteroatoms. The predicted octanol–water partition coefficient (Wildman–Crippen LogP) is 5.30. The summed E-state index contributed by atoms with van der Waals surface area (Å²) < 4.78 is 5.79. The van der Waals surface area contributed by atoms with Crippen molar-refractivity contribution in [1.29, 1.82) is 0 Å². The van der Waals surface area contributed by atoms with Gasteiger partial charge in [0.2, 0.25) is 0 Å². The van der Waals surface area contributed by atoms with Crippen molar-refractivity contribution in [3.63, 3.8) is 0 Å². The molecule has 152 valence electrons. The summed E-state index contributed by atoms with van der Waals surface area (Å²) in [5.74, 6) is 0.435. The molecule has 0 saturated heterocycles. The van der Waals surface area contributed by atoms with Crippen molar-refractivity contribution in [2.24, 2.45) is 0 Å². The van der Waals surface area contributed by atoms with Crippen LogP contribution in [-0.4, -0.2) is 18.0 Å². The summed E-state index contributed by atoms with van der Waals surface area (Å²) in [5.41, 5.74) is 2.83. The molecule has 3 aromatic rings. The van der Waals surface area contributed by atoms with Crippen LogP contribution >= 0.6 is 11.6 Å². The summed E-state index contributed by atoms with van der Waals surface area (Å²) in [7, 11) is 0. The highest BCUT2D eigenvalue weighted by atomic mass is 35.5. The quantitative estimate of drug-likeness (QED) is 0.600. The van der Waals surface area contributed by atoms with Crippen molar-refractivity contribution < 1.29 is 14.3 Å². The summed E-state index contributed by atoms with van der Waals surface area (Å²) in [6, 6.07) is 21.5. The second-order valence-electron chi connectivity index (χ2n) is 6.94. The van der Waals surface area contributed by atoms with E-state index in [4.69, 9.17) is 16.3 Å². The Morgan fingerprint density at radius 2 is 1.73 bits per heavy atom. The van der Waals surface area contributed by atoms with Crippen LogP contribution in [0.25, 0.3) is 0 Å². The first-order chi connectivity index (χ1) is 14.5. The van der Waals surface area contributed by atoms with Gasteiger partial charge in [0.25, 0.3) is 5.91 Å². The van der Waals surface area contributed by atoms with E-state index in [0.29, 0.717) is 34.4 Å². The first-order valence-corrected chi connectivity index (χ1v) is 9.87. The normalized spacial score (nSPS) is 15.2. The number of fused-ring (bicyclic) bond motifs is 1. The standard InChI is InChI=1S/C23H20ClN3O3/c1-15-22(28)27(14-16-6-3-2-4-7-16)20-11-10-19(13-21(20)30-15)26-23(29)25-18-9-5-8-17(24)12-18/h2-13,15H,14H2,1H3,(H2,25,26,29). The molecular formula is C23H20ClN3O3. The molecule has 1 aliphatic rings. The Morgan fingerprint density at radius 3 is 2.47 bits per heavy atom. The van der Waals surface area contributed by atoms with E-state index in [2.05, 4.69) is 10.6 Å². The van der Waals surface area contributed by atoms with Crippen molar-refractivity contribution in [1.82, 2.24) is 0 Å². The smallest absolute Gasteiger partial charge is 0.323 e. The maximum Gasteiger partial charge on any atom is 0.323 e. The molecule has 1 unspecified atom stereocenters. The fraction of sp³-hybridized carbons (Fsp3) is 0.130. The number of amides is 3. The molecule has 0 aliphatic carbocycles. The van der Waals surface area contributed by atoms with E-state index in [-0.39, 0.29) is 5.91 Å². The highest BCUT2D eigenvalue weighted by molar-refractivity contribution is 6.30. The second-order valence-corrected chi connectivity index (χ2v) is 7.38. The van der Waals surface area contributed by atoms with E-state index in [1.165, 1.54) is 0 Å². The first kappa shape index (κ1) is 19.8. The summed E-state index contributed by atoms with van der Waals surface area (Å²) >= 11 is 5.94. The lowest BCUT2D eigenvalue weighted by atomic mass is 10.1. The molecule has 30 heavy (non-hydrogen) atoms. The molecule has 0 radical (unpaired) electrons. The van der Waals surface area contributed by atoms with Crippen LogP contribution < -0.4 is 20.3 Å². The molecule has 3 amide bonds. The van der Waals surface area contributed by atoms with Gasteiger partial charge in [-0.15, -0.1) is 0 Å². The molecular weight excluding hydrogens is 402 g/mol. The maximum atomic E-state index is 12.7. The van der Waals surface area contributed by atoms with Crippen LogP contribution in [0.2, 0.25) is 5.02 Å². The number of carbonyl (C=O) groups excluding carboxylic acids is 2. The van der Waals surface area contributed by atoms with Crippen molar-refractivity contribution in [3.8, 4) is 5.75 Å². The highest BCUT2D eigenvalue weighted by Gasteiger charge is 2.31. The van der Waals surface area contributed by atoms with Crippen LogP contribution in [0, 0.1) is 0 Å². The summed E-state index contributed by atoms with van der Waals surface area (Å²) in [6.07, 6.45) is -0.614. The van der Waals surface area contributed by atoms with E-state index in [1.807, 2.05) is 30.3 Å². The fourth-order valence-corrected chi connectivity index (χ4v) is 3.47. The van der Waals surface area contributed by atoms with Crippen LogP contribution in [0.4, 0.5) is 21.9 Å². The van der Waals surface area contributed by atoms with Crippen molar-refractivity contribution in [3.05, 3.63) is 83.4 Å². The molecule has 1 atom stereocenters. The van der Waals surface area contributed by atoms with Gasteiger partial charge in [-0.25, -0.2) is 4.79 Å². The van der Waals surface area contributed by atoms with Crippen molar-refractivity contribution in [2.45, 2.75) is 19.6 Å². The summed E-state index contributed by atoms with van der Waals surface area (Å²) in [6.45, 7) is 2.16. The van der Waals surface area contributed by atoms with Gasteiger partial charge < -0.3 is 20.3 Å². The summed E-state index contributed by atoms with van der Waals surface area (Å²) in [5, 5.41) is 6.04. The Bertz CT molecular complexity index is 1090. The molecule has 0 fully saturated rings. The third-order valence-electron chi connectivity index (χ3n) is 4.69. The van der Waals surface area contributed by atoms with Gasteiger partial charge in [0.15, 0.2) is 6.10 Å². The number of nitrogens with one attached hydrogen (secondary N) is 2. The zero-order valence-corrected chi connectivity index (χ0v) is 17.0. The third kappa shape index (κ3) is 4.39. The lowest BCUT2D eigenvalue weighted by Gasteiger charge is -2.33. The zero-order valence-electron chi connectivity index (χ0n) is 16.3. The number of nitrogens with zero attached hydrogens (tertiary/aromatic N) is 1. The Balaban J connectivity index is 1.52. The molecule has 6 nitrogen and oxygen atoms in total. The molecule has 0 aromatic heterocycles. The number of benzene rings is 3. The van der Waals surface area contributed by atoms with Crippen LogP contribution in [-0.2, 0) is 11.3 Å². The largest absolute Gasteiger partial charge is 0.479 e. The van der Waals surface area contributed by atoms with E-state index in [1.54, 1.807) is 54.3 Å². The highest BCUT2D eigenvalue weighted by Crippen LogP contribution is 2.37. The number of ether oxygens (including phenoxy) is 1. The molecule has 3 aromatic carbocycles. The Morgan fingerprint density at radius 1 is 1.00 bits per heavy atom. The lowest BCUT2D eigenvalue weighted by Crippen LogP contribution is -2.44. The number of hydrogen-bond donors (Lipinski definition) is 2. The van der Waals surface area contributed by atoms with Crippen LogP contribution in [0.1, 0.15) is 12.5 Å². The SMILES string of the molecule is CC1Oc2cc(NC(=O)Nc3cccc(Cl)c3)ccc2N(Cc2ccccc2)C1=O. The van der Waals surface area contributed by atoms with Crippen LogP contribution in [0.5, 0.6) is 5.75 Å². The molecule has 1 aliphatic heterocycles. The Hall–Kier alpha value is -3.51. The molecule has 2 N–H and O–H groups in total. The van der Waals surface area contributed by atoms with Crippen molar-refractivity contribution in [2.75, 3.05) is 15.5 Å². The van der Waals surface area contributed by atoms with E-state index in [9.17, 15) is 9.59 Å². The fourth-order valence-electron chi connectivity index (χ4n) is 3.28. The molecule has 4 rings (SSSR count). The molecule has 1 heterocycles. The average molecular weight is 422 g/mol. The number of urea groups is 1. The average Bonchev–Trinajstić information content (AvgIpc) is 2.72. The second kappa shape index (κ2) is 8.47. The Kier molecular flexibility index (Phi) is 5.59. The molecule has 0 bridgehead atoms. The Labute approximate surface area is 179 Å². The molecule has 0 saturated carbocycles. The van der Waals surface area contributed by atoms with Gasteiger partial charge in [-0.05, 0) is 42.8 Å². The topological polar surface area (TPSA) is 70.7 Å². The minimum Gasteiger partial charge on any atom is -0.479 e. The number of hydrogen-bond acceptors (Lipinski definition) is 3. The van der Waals surface area contributed by atoms with E-state index < -0.39 is 12.1 Å². The zero-order chi connectivity index (χ0) is 21.1. The number of anilines is 3. The van der Waals surface area contributed by atoms with Gasteiger partial charge in [0, 0.05) is 22.5 Å². The van der Waals surface area contributed by atoms with Crippen molar-refractivity contribution >= 4 is 40.6 Å². The van der Waals surface area contributed by atoms with Gasteiger partial charge >= 0.3 is 6.03 Å². The van der Waals surface area contributed by atoms with Crippen LogP contribution in [0.3, 0.4) is 0 Å². The van der Waals surface area contributed by atoms with Gasteiger partial charge in [-0.3, -0.25) is 4.79 Å². The summed E-state index contributed by atoms with van der Waals surface area (Å²) in [4.78, 5) is 26.7. The lowest BCUT2D eigenvalue weighted by molar-refractivity contribution is -0.125. The number of rotatable bonds is 4. The van der Waals surface area contributed by atoms with Gasteiger partial charge in [0.1, 0.15) is 5.75 Å². The van der Waals surface area contributed by atoms with Crippen LogP contribution in [0.15, 0.2) is 72.8 Å². The van der Waals surface area contributed by atoms with Gasteiger partial charge in [0.05, 0.1) is 12.2 Å². The van der Waals surface area contributed by atoms with E-state index >= 15 is 0 Å². The minimum atomic E-state index is -0.614. The van der Waals surface area contributed by atoms with Gasteiger partial charge in [-0.2, -0.15) is 0 Å². The minimum absolute atomic E-state index is 0.106. The number of halogens is 1. The molecule has 0 spiro atoms. The maximum absolute atomic E-state index is 12.7. The van der Waals surface area contributed by atoms with E-state index in [0.717, 1.165) is 5.56 Å². The van der Waals surface area contributed by atoms with Gasteiger partial charge in [-0.1, -0.05) is 48.0 Å². The predicted molar refractivity (Wildman–Crippen MR) is 118 cm³/mol. The first-order valence-electron chi connectivity index (χ1n) is 9.49.